The summed E-state index contributed by atoms with van der Waals surface area (Å²) in [6.07, 6.45) is 0.169. The van der Waals surface area contributed by atoms with E-state index in [0.717, 1.165) is 24.4 Å². The lowest BCUT2D eigenvalue weighted by atomic mass is 10.2. The second kappa shape index (κ2) is 8.59. The molecule has 0 heterocycles. The number of rotatable bonds is 8. The smallest absolute Gasteiger partial charge is 0.236 e. The van der Waals surface area contributed by atoms with Gasteiger partial charge in [0.05, 0.1) is 12.6 Å². The fourth-order valence-electron chi connectivity index (χ4n) is 2.00. The minimum absolute atomic E-state index is 0.143. The third kappa shape index (κ3) is 5.61. The number of likely N-dealkylation sites (N-methyl/N-ethyl adjacent to an activating group) is 1. The van der Waals surface area contributed by atoms with Gasteiger partial charge >= 0.3 is 0 Å². The molecular weight excluding hydrogens is 252 g/mol. The Labute approximate surface area is 122 Å². The van der Waals surface area contributed by atoms with Crippen LogP contribution in [0.1, 0.15) is 33.3 Å². The highest BCUT2D eigenvalue weighted by Gasteiger charge is 2.08. The first kappa shape index (κ1) is 16.5. The molecule has 4 heteroatoms. The number of carbonyl (C=O) groups is 1. The van der Waals surface area contributed by atoms with E-state index >= 15 is 0 Å². The van der Waals surface area contributed by atoms with Crippen molar-refractivity contribution in [2.24, 2.45) is 0 Å². The van der Waals surface area contributed by atoms with Crippen LogP contribution < -0.4 is 10.1 Å². The van der Waals surface area contributed by atoms with E-state index in [0.29, 0.717) is 13.1 Å². The zero-order valence-corrected chi connectivity index (χ0v) is 13.0. The Morgan fingerprint density at radius 2 is 2.00 bits per heavy atom. The topological polar surface area (TPSA) is 41.6 Å². The van der Waals surface area contributed by atoms with Gasteiger partial charge < -0.3 is 15.0 Å². The number of amides is 1. The van der Waals surface area contributed by atoms with Crippen molar-refractivity contribution in [2.45, 2.75) is 40.3 Å². The fourth-order valence-corrected chi connectivity index (χ4v) is 2.00. The summed E-state index contributed by atoms with van der Waals surface area (Å²) in [5.74, 6) is 1.01. The van der Waals surface area contributed by atoms with E-state index in [1.807, 2.05) is 56.9 Å². The third-order valence-electron chi connectivity index (χ3n) is 2.99. The van der Waals surface area contributed by atoms with Gasteiger partial charge in [0.15, 0.2) is 0 Å². The van der Waals surface area contributed by atoms with Gasteiger partial charge in [-0.1, -0.05) is 12.1 Å². The summed E-state index contributed by atoms with van der Waals surface area (Å²) in [5.41, 5.74) is 1.12. The average Bonchev–Trinajstić information content (AvgIpc) is 2.40. The lowest BCUT2D eigenvalue weighted by Gasteiger charge is -2.18. The van der Waals surface area contributed by atoms with Gasteiger partial charge in [-0.25, -0.2) is 0 Å². The van der Waals surface area contributed by atoms with Gasteiger partial charge in [0, 0.05) is 19.6 Å². The summed E-state index contributed by atoms with van der Waals surface area (Å²) >= 11 is 0. The molecule has 0 fully saturated rings. The Morgan fingerprint density at radius 1 is 1.30 bits per heavy atom. The highest BCUT2D eigenvalue weighted by molar-refractivity contribution is 5.78. The summed E-state index contributed by atoms with van der Waals surface area (Å²) in [5, 5.41) is 3.18. The average molecular weight is 278 g/mol. The second-order valence-corrected chi connectivity index (χ2v) is 4.98. The Kier molecular flexibility index (Phi) is 7.09. The van der Waals surface area contributed by atoms with E-state index in [-0.39, 0.29) is 12.0 Å². The maximum Gasteiger partial charge on any atom is 0.236 e. The predicted octanol–water partition coefficient (Wildman–Crippen LogP) is 2.43. The molecule has 1 N–H and O–H groups in total. The number of carbonyl (C=O) groups excluding carboxylic acids is 1. The number of benzene rings is 1. The normalized spacial score (nSPS) is 10.7. The third-order valence-corrected chi connectivity index (χ3v) is 2.99. The Bertz CT molecular complexity index is 415. The molecule has 20 heavy (non-hydrogen) atoms. The maximum atomic E-state index is 11.8. The van der Waals surface area contributed by atoms with Crippen molar-refractivity contribution in [2.75, 3.05) is 19.6 Å². The lowest BCUT2D eigenvalue weighted by molar-refractivity contribution is -0.129. The van der Waals surface area contributed by atoms with Gasteiger partial charge in [-0.05, 0) is 45.4 Å². The van der Waals surface area contributed by atoms with Crippen LogP contribution in [0.2, 0.25) is 0 Å². The first-order chi connectivity index (χ1) is 9.56. The SMILES string of the molecule is CCN(CC)C(=O)CNCc1cccc(OC(C)C)c1. The lowest BCUT2D eigenvalue weighted by Crippen LogP contribution is -2.37. The fraction of sp³-hybridized carbons (Fsp3) is 0.562. The minimum atomic E-state index is 0.143. The summed E-state index contributed by atoms with van der Waals surface area (Å²) in [6, 6.07) is 7.96. The van der Waals surface area contributed by atoms with Crippen molar-refractivity contribution < 1.29 is 9.53 Å². The molecule has 4 nitrogen and oxygen atoms in total. The van der Waals surface area contributed by atoms with Crippen LogP contribution in [0.5, 0.6) is 5.75 Å². The van der Waals surface area contributed by atoms with E-state index in [9.17, 15) is 4.79 Å². The molecule has 1 aromatic carbocycles. The van der Waals surface area contributed by atoms with E-state index in [1.54, 1.807) is 0 Å². The number of ether oxygens (including phenoxy) is 1. The van der Waals surface area contributed by atoms with E-state index in [4.69, 9.17) is 4.74 Å². The van der Waals surface area contributed by atoms with Crippen molar-refractivity contribution >= 4 is 5.91 Å². The first-order valence-electron chi connectivity index (χ1n) is 7.30. The van der Waals surface area contributed by atoms with Gasteiger partial charge in [-0.3, -0.25) is 4.79 Å². The highest BCUT2D eigenvalue weighted by Crippen LogP contribution is 2.14. The van der Waals surface area contributed by atoms with Crippen LogP contribution in [0.15, 0.2) is 24.3 Å². The van der Waals surface area contributed by atoms with Crippen LogP contribution in [0.25, 0.3) is 0 Å². The highest BCUT2D eigenvalue weighted by atomic mass is 16.5. The van der Waals surface area contributed by atoms with E-state index in [1.165, 1.54) is 0 Å². The van der Waals surface area contributed by atoms with Crippen molar-refractivity contribution in [3.05, 3.63) is 29.8 Å². The standard InChI is InChI=1S/C16H26N2O2/c1-5-18(6-2)16(19)12-17-11-14-8-7-9-15(10-14)20-13(3)4/h7-10,13,17H,5-6,11-12H2,1-4H3. The Balaban J connectivity index is 2.44. The molecule has 0 saturated carbocycles. The summed E-state index contributed by atoms with van der Waals surface area (Å²) < 4.78 is 5.65. The second-order valence-electron chi connectivity index (χ2n) is 4.98. The van der Waals surface area contributed by atoms with E-state index < -0.39 is 0 Å². The van der Waals surface area contributed by atoms with Crippen LogP contribution in [0.4, 0.5) is 0 Å². The molecule has 1 aromatic rings. The number of nitrogens with zero attached hydrogens (tertiary/aromatic N) is 1. The molecule has 0 saturated heterocycles. The van der Waals surface area contributed by atoms with Crippen molar-refractivity contribution in [3.63, 3.8) is 0 Å². The van der Waals surface area contributed by atoms with Crippen LogP contribution in [-0.2, 0) is 11.3 Å². The predicted molar refractivity (Wildman–Crippen MR) is 81.8 cm³/mol. The van der Waals surface area contributed by atoms with Crippen LogP contribution in [0, 0.1) is 0 Å². The molecule has 0 bridgehead atoms. The molecule has 112 valence electrons. The van der Waals surface area contributed by atoms with Crippen molar-refractivity contribution in [1.82, 2.24) is 10.2 Å². The summed E-state index contributed by atoms with van der Waals surface area (Å²) in [7, 11) is 0. The number of nitrogens with one attached hydrogen (secondary N) is 1. The van der Waals surface area contributed by atoms with Crippen molar-refractivity contribution in [1.29, 1.82) is 0 Å². The number of hydrogen-bond acceptors (Lipinski definition) is 3. The molecule has 0 spiro atoms. The molecule has 0 radical (unpaired) electrons. The molecule has 0 aromatic heterocycles. The zero-order chi connectivity index (χ0) is 15.0. The Morgan fingerprint density at radius 3 is 2.60 bits per heavy atom. The first-order valence-corrected chi connectivity index (χ1v) is 7.30. The van der Waals surface area contributed by atoms with Crippen LogP contribution in [-0.4, -0.2) is 36.5 Å². The molecule has 0 aliphatic rings. The van der Waals surface area contributed by atoms with Gasteiger partial charge in [0.25, 0.3) is 0 Å². The zero-order valence-electron chi connectivity index (χ0n) is 13.0. The largest absolute Gasteiger partial charge is 0.491 e. The molecule has 0 unspecified atom stereocenters. The summed E-state index contributed by atoms with van der Waals surface area (Å²) in [6.45, 7) is 10.6. The van der Waals surface area contributed by atoms with Gasteiger partial charge in [0.1, 0.15) is 5.75 Å². The maximum absolute atomic E-state index is 11.8. The summed E-state index contributed by atoms with van der Waals surface area (Å²) in [4.78, 5) is 13.7. The minimum Gasteiger partial charge on any atom is -0.491 e. The van der Waals surface area contributed by atoms with Crippen LogP contribution >= 0.6 is 0 Å². The van der Waals surface area contributed by atoms with Gasteiger partial charge in [-0.15, -0.1) is 0 Å². The van der Waals surface area contributed by atoms with E-state index in [2.05, 4.69) is 5.32 Å². The molecule has 0 aliphatic carbocycles. The van der Waals surface area contributed by atoms with Crippen LogP contribution in [0.3, 0.4) is 0 Å². The van der Waals surface area contributed by atoms with Gasteiger partial charge in [-0.2, -0.15) is 0 Å². The monoisotopic (exact) mass is 278 g/mol. The molecule has 1 rings (SSSR count). The molecule has 0 aliphatic heterocycles. The molecular formula is C16H26N2O2. The van der Waals surface area contributed by atoms with Gasteiger partial charge in [0.2, 0.25) is 5.91 Å². The molecule has 1 amide bonds. The van der Waals surface area contributed by atoms with Crippen molar-refractivity contribution in [3.8, 4) is 5.75 Å². The number of hydrogen-bond donors (Lipinski definition) is 1. The quantitative estimate of drug-likeness (QED) is 0.794. The Hall–Kier alpha value is -1.55. The molecule has 0 atom stereocenters.